The molecule has 0 saturated carbocycles. The summed E-state index contributed by atoms with van der Waals surface area (Å²) in [5, 5.41) is 0.533. The maximum atomic E-state index is 12.1. The SMILES string of the molecule is NNC(=O)C(OCCCl)[P+](=O)c1ccccc1. The molecule has 7 heteroatoms. The van der Waals surface area contributed by atoms with Crippen molar-refractivity contribution in [3.8, 4) is 0 Å². The summed E-state index contributed by atoms with van der Waals surface area (Å²) in [5.41, 5.74) is 1.93. The van der Waals surface area contributed by atoms with Gasteiger partial charge in [0.05, 0.1) is 6.61 Å². The van der Waals surface area contributed by atoms with Crippen molar-refractivity contribution in [3.63, 3.8) is 0 Å². The molecule has 1 aromatic rings. The quantitative estimate of drug-likeness (QED) is 0.263. The first-order valence-electron chi connectivity index (χ1n) is 4.90. The van der Waals surface area contributed by atoms with Gasteiger partial charge in [0.2, 0.25) is 0 Å². The van der Waals surface area contributed by atoms with Crippen LogP contribution in [0.3, 0.4) is 0 Å². The molecule has 0 saturated heterocycles. The second-order valence-electron chi connectivity index (χ2n) is 3.08. The van der Waals surface area contributed by atoms with E-state index in [1.54, 1.807) is 30.3 Å². The van der Waals surface area contributed by atoms with Crippen LogP contribution < -0.4 is 16.6 Å². The second-order valence-corrected chi connectivity index (χ2v) is 5.10. The summed E-state index contributed by atoms with van der Waals surface area (Å²) >= 11 is 5.46. The Kier molecular flexibility index (Phi) is 6.08. The van der Waals surface area contributed by atoms with Crippen molar-refractivity contribution in [3.05, 3.63) is 30.3 Å². The molecule has 3 N–H and O–H groups in total. The van der Waals surface area contributed by atoms with Crippen LogP contribution in [0.25, 0.3) is 0 Å². The fourth-order valence-electron chi connectivity index (χ4n) is 1.19. The largest absolute Gasteiger partial charge is 0.419 e. The van der Waals surface area contributed by atoms with E-state index >= 15 is 0 Å². The minimum atomic E-state index is -2.02. The van der Waals surface area contributed by atoms with Crippen LogP contribution >= 0.6 is 19.4 Å². The van der Waals surface area contributed by atoms with E-state index in [2.05, 4.69) is 0 Å². The van der Waals surface area contributed by atoms with E-state index in [9.17, 15) is 9.36 Å². The zero-order chi connectivity index (χ0) is 12.7. The molecule has 92 valence electrons. The zero-order valence-electron chi connectivity index (χ0n) is 9.01. The molecule has 0 aliphatic rings. The molecule has 0 radical (unpaired) electrons. The number of carbonyl (C=O) groups is 1. The van der Waals surface area contributed by atoms with E-state index < -0.39 is 19.6 Å². The monoisotopic (exact) mass is 275 g/mol. The number of ether oxygens (including phenoxy) is 1. The van der Waals surface area contributed by atoms with Crippen LogP contribution in [0.2, 0.25) is 0 Å². The molecule has 1 aromatic carbocycles. The van der Waals surface area contributed by atoms with E-state index in [0.29, 0.717) is 5.30 Å². The fourth-order valence-corrected chi connectivity index (χ4v) is 2.54. The number of nitrogens with two attached hydrogens (primary N) is 1. The summed E-state index contributed by atoms with van der Waals surface area (Å²) in [6.07, 6.45) is 0. The van der Waals surface area contributed by atoms with Gasteiger partial charge in [-0.1, -0.05) is 22.8 Å². The van der Waals surface area contributed by atoms with E-state index in [1.807, 2.05) is 5.43 Å². The Morgan fingerprint density at radius 1 is 1.47 bits per heavy atom. The standard InChI is InChI=1S/C10H12ClN2O3P/c11-6-7-16-10(9(14)13-12)17(15)8-4-2-1-3-5-8/h1-5,10H,6-7,12H2/p+1. The van der Waals surface area contributed by atoms with Gasteiger partial charge < -0.3 is 4.74 Å². The number of nitrogens with one attached hydrogen (secondary N) is 1. The number of hydrogen-bond donors (Lipinski definition) is 2. The number of rotatable bonds is 6. The summed E-state index contributed by atoms with van der Waals surface area (Å²) < 4.78 is 17.3. The summed E-state index contributed by atoms with van der Waals surface area (Å²) in [7, 11) is -2.02. The molecule has 1 rings (SSSR count). The van der Waals surface area contributed by atoms with Crippen molar-refractivity contribution in [1.82, 2.24) is 5.43 Å². The zero-order valence-corrected chi connectivity index (χ0v) is 10.7. The average Bonchev–Trinajstić information content (AvgIpc) is 2.39. The minimum absolute atomic E-state index is 0.132. The van der Waals surface area contributed by atoms with Crippen LogP contribution in [0, 0.1) is 0 Å². The third kappa shape index (κ3) is 4.06. The van der Waals surface area contributed by atoms with Crippen molar-refractivity contribution in [2.24, 2.45) is 5.84 Å². The van der Waals surface area contributed by atoms with Crippen molar-refractivity contribution >= 4 is 30.6 Å². The number of alkyl halides is 1. The third-order valence-corrected chi connectivity index (χ3v) is 3.71. The van der Waals surface area contributed by atoms with Gasteiger partial charge >= 0.3 is 19.6 Å². The lowest BCUT2D eigenvalue weighted by Crippen LogP contribution is -2.40. The number of amides is 1. The van der Waals surface area contributed by atoms with Gasteiger partial charge in [-0.3, -0.25) is 10.2 Å². The van der Waals surface area contributed by atoms with Gasteiger partial charge in [0.25, 0.3) is 0 Å². The first-order valence-corrected chi connectivity index (χ1v) is 6.76. The number of carbonyl (C=O) groups excluding carboxylic acids is 1. The molecule has 0 fully saturated rings. The topological polar surface area (TPSA) is 81.4 Å². The van der Waals surface area contributed by atoms with Gasteiger partial charge in [-0.15, -0.1) is 11.6 Å². The van der Waals surface area contributed by atoms with Gasteiger partial charge in [-0.2, -0.15) is 0 Å². The Labute approximate surface area is 105 Å². The van der Waals surface area contributed by atoms with Crippen LogP contribution in [-0.2, 0) is 14.1 Å². The van der Waals surface area contributed by atoms with E-state index in [-0.39, 0.29) is 12.5 Å². The molecular weight excluding hydrogens is 263 g/mol. The van der Waals surface area contributed by atoms with Crippen molar-refractivity contribution < 1.29 is 14.1 Å². The summed E-state index contributed by atoms with van der Waals surface area (Å²) in [5.74, 6) is 3.49. The molecule has 5 nitrogen and oxygen atoms in total. The molecule has 1 amide bonds. The highest BCUT2D eigenvalue weighted by atomic mass is 35.5. The maximum absolute atomic E-state index is 12.1. The lowest BCUT2D eigenvalue weighted by atomic mass is 10.4. The van der Waals surface area contributed by atoms with Crippen LogP contribution in [0.1, 0.15) is 0 Å². The highest BCUT2D eigenvalue weighted by molar-refractivity contribution is 7.55. The predicted octanol–water partition coefficient (Wildman–Crippen LogP) is 0.711. The molecule has 0 spiro atoms. The van der Waals surface area contributed by atoms with Crippen LogP contribution in [-0.4, -0.2) is 24.2 Å². The van der Waals surface area contributed by atoms with Crippen LogP contribution in [0.4, 0.5) is 0 Å². The molecular formula is C10H13ClN2O3P+. The van der Waals surface area contributed by atoms with E-state index in [4.69, 9.17) is 22.2 Å². The number of hydrazine groups is 1. The molecule has 0 aliphatic heterocycles. The highest BCUT2D eigenvalue weighted by Gasteiger charge is 2.39. The molecule has 0 aliphatic carbocycles. The van der Waals surface area contributed by atoms with Crippen molar-refractivity contribution in [1.29, 1.82) is 0 Å². The average molecular weight is 276 g/mol. The first-order chi connectivity index (χ1) is 8.20. The second kappa shape index (κ2) is 7.35. The first kappa shape index (κ1) is 14.1. The Hall–Kier alpha value is -1.00. The van der Waals surface area contributed by atoms with Gasteiger partial charge in [-0.25, -0.2) is 5.84 Å². The summed E-state index contributed by atoms with van der Waals surface area (Å²) in [4.78, 5) is 11.4. The normalized spacial score (nSPS) is 12.9. The molecule has 0 bridgehead atoms. The lowest BCUT2D eigenvalue weighted by molar-refractivity contribution is -0.127. The Morgan fingerprint density at radius 2 is 2.12 bits per heavy atom. The van der Waals surface area contributed by atoms with Gasteiger partial charge in [0.1, 0.15) is 0 Å². The molecule has 0 aromatic heterocycles. The minimum Gasteiger partial charge on any atom is -0.326 e. The maximum Gasteiger partial charge on any atom is 0.419 e. The fraction of sp³-hybridized carbons (Fsp3) is 0.300. The molecule has 2 atom stereocenters. The Balaban J connectivity index is 2.83. The third-order valence-electron chi connectivity index (χ3n) is 1.94. The lowest BCUT2D eigenvalue weighted by Gasteiger charge is -2.06. The Morgan fingerprint density at radius 3 is 2.65 bits per heavy atom. The van der Waals surface area contributed by atoms with Gasteiger partial charge in [-0.05, 0) is 12.1 Å². The number of halogens is 1. The van der Waals surface area contributed by atoms with Crippen molar-refractivity contribution in [2.75, 3.05) is 12.5 Å². The number of benzene rings is 1. The van der Waals surface area contributed by atoms with Crippen molar-refractivity contribution in [2.45, 2.75) is 5.85 Å². The smallest absolute Gasteiger partial charge is 0.326 e. The summed E-state index contributed by atoms with van der Waals surface area (Å²) in [6.45, 7) is 0.132. The Bertz CT molecular complexity index is 388. The highest BCUT2D eigenvalue weighted by Crippen LogP contribution is 2.28. The predicted molar refractivity (Wildman–Crippen MR) is 66.5 cm³/mol. The molecule has 2 unspecified atom stereocenters. The van der Waals surface area contributed by atoms with Crippen LogP contribution in [0.5, 0.6) is 0 Å². The molecule has 0 heterocycles. The summed E-state index contributed by atoms with van der Waals surface area (Å²) in [6, 6.07) is 8.60. The van der Waals surface area contributed by atoms with E-state index in [0.717, 1.165) is 0 Å². The van der Waals surface area contributed by atoms with Crippen LogP contribution in [0.15, 0.2) is 30.3 Å². The van der Waals surface area contributed by atoms with Gasteiger partial charge in [0.15, 0.2) is 5.30 Å². The molecule has 17 heavy (non-hydrogen) atoms. The van der Waals surface area contributed by atoms with E-state index in [1.165, 1.54) is 0 Å². The number of hydrogen-bond acceptors (Lipinski definition) is 4. The van der Waals surface area contributed by atoms with Gasteiger partial charge in [0, 0.05) is 5.88 Å².